The van der Waals surface area contributed by atoms with Crippen LogP contribution in [0, 0.1) is 0 Å². The van der Waals surface area contributed by atoms with Crippen LogP contribution < -0.4 is 5.56 Å². The summed E-state index contributed by atoms with van der Waals surface area (Å²) in [5.74, 6) is 0.357. The van der Waals surface area contributed by atoms with E-state index in [-0.39, 0.29) is 17.2 Å². The van der Waals surface area contributed by atoms with E-state index in [1.165, 1.54) is 17.0 Å². The molecule has 0 atom stereocenters. The molecule has 1 aromatic heterocycles. The van der Waals surface area contributed by atoms with E-state index in [2.05, 4.69) is 10.2 Å². The highest BCUT2D eigenvalue weighted by Gasteiger charge is 2.15. The van der Waals surface area contributed by atoms with Crippen molar-refractivity contribution in [2.45, 2.75) is 0 Å². The van der Waals surface area contributed by atoms with E-state index in [1.807, 2.05) is 0 Å². The van der Waals surface area contributed by atoms with Gasteiger partial charge >= 0.3 is 0 Å². The predicted molar refractivity (Wildman–Crippen MR) is 62.2 cm³/mol. The number of rotatable bonds is 5. The van der Waals surface area contributed by atoms with Crippen LogP contribution in [0.3, 0.4) is 0 Å². The summed E-state index contributed by atoms with van der Waals surface area (Å²) in [7, 11) is 0. The first kappa shape index (κ1) is 13.0. The molecule has 1 N–H and O–H groups in total. The van der Waals surface area contributed by atoms with Gasteiger partial charge in [0.25, 0.3) is 11.5 Å². The summed E-state index contributed by atoms with van der Waals surface area (Å²) in [6.45, 7) is 0.793. The summed E-state index contributed by atoms with van der Waals surface area (Å²) < 4.78 is 0. The smallest absolute Gasteiger partial charge is 0.274 e. The molecule has 0 unspecified atom stereocenters. The van der Waals surface area contributed by atoms with Crippen molar-refractivity contribution in [1.82, 2.24) is 15.1 Å². The second-order valence-corrected chi connectivity index (χ2v) is 3.73. The molecule has 0 radical (unpaired) electrons. The van der Waals surface area contributed by atoms with Crippen LogP contribution >= 0.6 is 23.2 Å². The van der Waals surface area contributed by atoms with E-state index >= 15 is 0 Å². The number of hydrogen-bond donors (Lipinski definition) is 1. The third-order valence-electron chi connectivity index (χ3n) is 1.89. The molecule has 16 heavy (non-hydrogen) atoms. The third kappa shape index (κ3) is 3.50. The highest BCUT2D eigenvalue weighted by Crippen LogP contribution is 2.00. The highest BCUT2D eigenvalue weighted by molar-refractivity contribution is 6.18. The molecule has 0 saturated carbocycles. The molecule has 7 heteroatoms. The van der Waals surface area contributed by atoms with Crippen LogP contribution in [-0.2, 0) is 0 Å². The first-order valence-electron chi connectivity index (χ1n) is 4.66. The van der Waals surface area contributed by atoms with Gasteiger partial charge in [0.1, 0.15) is 5.69 Å². The molecule has 0 bridgehead atoms. The van der Waals surface area contributed by atoms with Gasteiger partial charge in [-0.25, -0.2) is 5.10 Å². The molecule has 1 aromatic rings. The number of carbonyl (C=O) groups excluding carboxylic acids is 1. The van der Waals surface area contributed by atoms with Crippen molar-refractivity contribution in [3.63, 3.8) is 0 Å². The Morgan fingerprint density at radius 3 is 2.38 bits per heavy atom. The molecule has 0 aromatic carbocycles. The lowest BCUT2D eigenvalue weighted by Gasteiger charge is -2.19. The van der Waals surface area contributed by atoms with Gasteiger partial charge in [-0.1, -0.05) is 0 Å². The van der Waals surface area contributed by atoms with Crippen molar-refractivity contribution in [3.8, 4) is 0 Å². The Kier molecular flexibility index (Phi) is 5.28. The molecular weight excluding hydrogens is 253 g/mol. The quantitative estimate of drug-likeness (QED) is 0.796. The summed E-state index contributed by atoms with van der Waals surface area (Å²) in [4.78, 5) is 24.1. The van der Waals surface area contributed by atoms with E-state index in [1.54, 1.807) is 0 Å². The second kappa shape index (κ2) is 6.50. The van der Waals surface area contributed by atoms with Gasteiger partial charge < -0.3 is 4.90 Å². The number of alkyl halides is 2. The van der Waals surface area contributed by atoms with Gasteiger partial charge in [0.05, 0.1) is 0 Å². The number of nitrogens with one attached hydrogen (secondary N) is 1. The van der Waals surface area contributed by atoms with Crippen molar-refractivity contribution in [2.75, 3.05) is 24.8 Å². The fourth-order valence-corrected chi connectivity index (χ4v) is 1.55. The number of carbonyl (C=O) groups is 1. The maximum absolute atomic E-state index is 11.9. The summed E-state index contributed by atoms with van der Waals surface area (Å²) in [6.07, 6.45) is 0. The highest BCUT2D eigenvalue weighted by atomic mass is 35.5. The maximum Gasteiger partial charge on any atom is 0.274 e. The van der Waals surface area contributed by atoms with Crippen LogP contribution in [0.5, 0.6) is 0 Å². The van der Waals surface area contributed by atoms with Gasteiger partial charge in [-0.3, -0.25) is 9.59 Å². The lowest BCUT2D eigenvalue weighted by Crippen LogP contribution is -2.35. The van der Waals surface area contributed by atoms with E-state index in [0.717, 1.165) is 0 Å². The molecule has 0 aliphatic carbocycles. The Balaban J connectivity index is 2.81. The average Bonchev–Trinajstić information content (AvgIpc) is 2.29. The number of H-pyrrole nitrogens is 1. The number of nitrogens with zero attached hydrogens (tertiary/aromatic N) is 2. The lowest BCUT2D eigenvalue weighted by atomic mass is 10.3. The molecule has 88 valence electrons. The van der Waals surface area contributed by atoms with Crippen LogP contribution in [0.25, 0.3) is 0 Å². The van der Waals surface area contributed by atoms with Gasteiger partial charge in [-0.05, 0) is 6.07 Å². The van der Waals surface area contributed by atoms with Crippen molar-refractivity contribution in [2.24, 2.45) is 0 Å². The number of hydrogen-bond acceptors (Lipinski definition) is 3. The molecule has 0 aliphatic rings. The van der Waals surface area contributed by atoms with E-state index in [0.29, 0.717) is 24.8 Å². The average molecular weight is 264 g/mol. The molecule has 1 heterocycles. The van der Waals surface area contributed by atoms with Gasteiger partial charge in [0, 0.05) is 30.9 Å². The normalized spacial score (nSPS) is 10.1. The summed E-state index contributed by atoms with van der Waals surface area (Å²) >= 11 is 11.1. The Labute approximate surface area is 102 Å². The molecule has 0 spiro atoms. The van der Waals surface area contributed by atoms with E-state index in [9.17, 15) is 9.59 Å². The fourth-order valence-electron chi connectivity index (χ4n) is 1.14. The zero-order valence-electron chi connectivity index (χ0n) is 8.45. The van der Waals surface area contributed by atoms with Crippen LogP contribution in [0.15, 0.2) is 16.9 Å². The second-order valence-electron chi connectivity index (χ2n) is 2.98. The molecule has 0 saturated heterocycles. The number of aromatic amines is 1. The Hall–Kier alpha value is -1.07. The molecule has 1 rings (SSSR count). The number of amides is 1. The van der Waals surface area contributed by atoms with Crippen molar-refractivity contribution in [3.05, 3.63) is 28.2 Å². The zero-order chi connectivity index (χ0) is 12.0. The predicted octanol–water partition coefficient (Wildman–Crippen LogP) is 0.690. The van der Waals surface area contributed by atoms with Gasteiger partial charge in [-0.15, -0.1) is 23.2 Å². The molecule has 5 nitrogen and oxygen atoms in total. The number of aromatic nitrogens is 2. The van der Waals surface area contributed by atoms with Crippen LogP contribution in [-0.4, -0.2) is 45.9 Å². The molecule has 0 aliphatic heterocycles. The minimum atomic E-state index is -0.349. The van der Waals surface area contributed by atoms with Crippen molar-refractivity contribution >= 4 is 29.1 Å². The maximum atomic E-state index is 11.9. The molecular formula is C9H11Cl2N3O2. The van der Waals surface area contributed by atoms with Crippen LogP contribution in [0.2, 0.25) is 0 Å². The topological polar surface area (TPSA) is 66.1 Å². The Morgan fingerprint density at radius 1 is 1.31 bits per heavy atom. The fraction of sp³-hybridized carbons (Fsp3) is 0.444. The summed E-state index contributed by atoms with van der Waals surface area (Å²) in [6, 6.07) is 2.62. The van der Waals surface area contributed by atoms with Crippen LogP contribution in [0.4, 0.5) is 0 Å². The third-order valence-corrected chi connectivity index (χ3v) is 2.23. The largest absolute Gasteiger partial charge is 0.335 e. The Bertz CT molecular complexity index is 381. The van der Waals surface area contributed by atoms with Gasteiger partial charge in [0.2, 0.25) is 0 Å². The monoisotopic (exact) mass is 263 g/mol. The van der Waals surface area contributed by atoms with E-state index < -0.39 is 0 Å². The molecule has 0 fully saturated rings. The van der Waals surface area contributed by atoms with Gasteiger partial charge in [0.15, 0.2) is 0 Å². The zero-order valence-corrected chi connectivity index (χ0v) is 9.96. The van der Waals surface area contributed by atoms with Gasteiger partial charge in [-0.2, -0.15) is 5.10 Å². The first-order valence-corrected chi connectivity index (χ1v) is 5.73. The van der Waals surface area contributed by atoms with Crippen molar-refractivity contribution < 1.29 is 4.79 Å². The Morgan fingerprint density at radius 2 is 1.94 bits per heavy atom. The number of halogens is 2. The van der Waals surface area contributed by atoms with Crippen LogP contribution in [0.1, 0.15) is 10.5 Å². The SMILES string of the molecule is O=C(c1ccc(=O)[nH]n1)N(CCCl)CCCl. The first-order chi connectivity index (χ1) is 7.69. The minimum Gasteiger partial charge on any atom is -0.335 e. The standard InChI is InChI=1S/C9H11Cl2N3O2/c10-3-5-14(6-4-11)9(16)7-1-2-8(15)13-12-7/h1-2H,3-6H2,(H,13,15). The molecule has 1 amide bonds. The summed E-state index contributed by atoms with van der Waals surface area (Å²) in [5, 5.41) is 5.85. The lowest BCUT2D eigenvalue weighted by molar-refractivity contribution is 0.0768. The van der Waals surface area contributed by atoms with E-state index in [4.69, 9.17) is 23.2 Å². The summed E-state index contributed by atoms with van der Waals surface area (Å²) in [5.41, 5.74) is -0.173. The minimum absolute atomic E-state index is 0.176. The van der Waals surface area contributed by atoms with Crippen molar-refractivity contribution in [1.29, 1.82) is 0 Å².